The molecule has 7 heteroatoms. The highest BCUT2D eigenvalue weighted by molar-refractivity contribution is 6.33. The van der Waals surface area contributed by atoms with Crippen LogP contribution >= 0.6 is 11.6 Å². The van der Waals surface area contributed by atoms with Crippen LogP contribution in [0.25, 0.3) is 0 Å². The molecule has 0 fully saturated rings. The summed E-state index contributed by atoms with van der Waals surface area (Å²) < 4.78 is 0. The second-order valence-corrected chi connectivity index (χ2v) is 3.80. The number of rotatable bonds is 6. The molecule has 1 aromatic carbocycles. The number of amides is 1. The van der Waals surface area contributed by atoms with Gasteiger partial charge in [-0.25, -0.2) is 0 Å². The quantitative estimate of drug-likeness (QED) is 0.462. The Morgan fingerprint density at radius 1 is 1.53 bits per heavy atom. The highest BCUT2D eigenvalue weighted by atomic mass is 35.5. The van der Waals surface area contributed by atoms with Crippen LogP contribution in [0.3, 0.4) is 0 Å². The van der Waals surface area contributed by atoms with Gasteiger partial charge in [0.15, 0.2) is 0 Å². The minimum Gasteiger partial charge on any atom is -0.379 e. The number of carbonyl (C=O) groups is 1. The van der Waals surface area contributed by atoms with Crippen LogP contribution in [0, 0.1) is 10.1 Å². The van der Waals surface area contributed by atoms with Gasteiger partial charge in [0, 0.05) is 13.0 Å². The van der Waals surface area contributed by atoms with Gasteiger partial charge in [0.2, 0.25) is 5.91 Å². The largest absolute Gasteiger partial charge is 0.379 e. The molecule has 1 amide bonds. The van der Waals surface area contributed by atoms with Crippen molar-refractivity contribution in [2.24, 2.45) is 5.73 Å². The molecular weight excluding hydrogens is 246 g/mol. The number of anilines is 1. The topological polar surface area (TPSA) is 98.3 Å². The SMILES string of the molecule is NC(=O)CCCNc1cccc(Cl)c1[N+](=O)[O-]. The number of primary amides is 1. The van der Waals surface area contributed by atoms with E-state index in [0.717, 1.165) is 0 Å². The fourth-order valence-electron chi connectivity index (χ4n) is 1.33. The Morgan fingerprint density at radius 2 is 2.24 bits per heavy atom. The number of nitro benzene ring substituents is 1. The molecule has 0 atom stereocenters. The van der Waals surface area contributed by atoms with Gasteiger partial charge < -0.3 is 11.1 Å². The molecule has 3 N–H and O–H groups in total. The van der Waals surface area contributed by atoms with Crippen LogP contribution in [0.1, 0.15) is 12.8 Å². The first-order valence-electron chi connectivity index (χ1n) is 4.97. The number of carbonyl (C=O) groups excluding carboxylic acids is 1. The third-order valence-corrected chi connectivity index (χ3v) is 2.39. The van der Waals surface area contributed by atoms with Gasteiger partial charge in [-0.15, -0.1) is 0 Å². The van der Waals surface area contributed by atoms with E-state index in [1.807, 2.05) is 0 Å². The number of nitro groups is 1. The summed E-state index contributed by atoms with van der Waals surface area (Å²) in [4.78, 5) is 20.8. The monoisotopic (exact) mass is 257 g/mol. The molecule has 1 rings (SSSR count). The lowest BCUT2D eigenvalue weighted by Crippen LogP contribution is -2.13. The molecular formula is C10H12ClN3O3. The fourth-order valence-corrected chi connectivity index (χ4v) is 1.57. The Kier molecular flexibility index (Phi) is 4.71. The second-order valence-electron chi connectivity index (χ2n) is 3.39. The van der Waals surface area contributed by atoms with Gasteiger partial charge >= 0.3 is 5.69 Å². The van der Waals surface area contributed by atoms with Crippen LogP contribution in [0.4, 0.5) is 11.4 Å². The molecule has 0 heterocycles. The normalized spacial score (nSPS) is 9.94. The van der Waals surface area contributed by atoms with Gasteiger partial charge in [0.1, 0.15) is 10.7 Å². The van der Waals surface area contributed by atoms with Crippen LogP contribution in [0.15, 0.2) is 18.2 Å². The third-order valence-electron chi connectivity index (χ3n) is 2.08. The standard InChI is InChI=1S/C10H12ClN3O3/c11-7-3-1-4-8(10(7)14(16)17)13-6-2-5-9(12)15/h1,3-4,13H,2,5-6H2,(H2,12,15). The second kappa shape index (κ2) is 6.05. The van der Waals surface area contributed by atoms with E-state index in [4.69, 9.17) is 17.3 Å². The van der Waals surface area contributed by atoms with Crippen molar-refractivity contribution < 1.29 is 9.72 Å². The Balaban J connectivity index is 2.67. The van der Waals surface area contributed by atoms with E-state index in [1.54, 1.807) is 12.1 Å². The van der Waals surface area contributed by atoms with Gasteiger partial charge in [-0.1, -0.05) is 17.7 Å². The van der Waals surface area contributed by atoms with E-state index in [-0.39, 0.29) is 17.1 Å². The van der Waals surface area contributed by atoms with Crippen LogP contribution < -0.4 is 11.1 Å². The van der Waals surface area contributed by atoms with Crippen LogP contribution in [0.2, 0.25) is 5.02 Å². The summed E-state index contributed by atoms with van der Waals surface area (Å²) in [5.41, 5.74) is 5.16. The summed E-state index contributed by atoms with van der Waals surface area (Å²) in [6.07, 6.45) is 0.750. The zero-order valence-electron chi connectivity index (χ0n) is 8.98. The molecule has 0 spiro atoms. The molecule has 6 nitrogen and oxygen atoms in total. The molecule has 0 aliphatic heterocycles. The zero-order chi connectivity index (χ0) is 12.8. The first kappa shape index (κ1) is 13.2. The van der Waals surface area contributed by atoms with Crippen LogP contribution in [0.5, 0.6) is 0 Å². The summed E-state index contributed by atoms with van der Waals surface area (Å²) >= 11 is 5.73. The molecule has 1 aromatic rings. The Bertz CT molecular complexity index is 437. The molecule has 0 saturated carbocycles. The number of nitrogens with zero attached hydrogens (tertiary/aromatic N) is 1. The highest BCUT2D eigenvalue weighted by Crippen LogP contribution is 2.32. The van der Waals surface area contributed by atoms with Crippen LogP contribution in [-0.2, 0) is 4.79 Å². The molecule has 92 valence electrons. The van der Waals surface area contributed by atoms with Crippen molar-refractivity contribution >= 4 is 28.9 Å². The number of halogens is 1. The molecule has 17 heavy (non-hydrogen) atoms. The van der Waals surface area contributed by atoms with Gasteiger partial charge in [-0.05, 0) is 18.6 Å². The summed E-state index contributed by atoms with van der Waals surface area (Å²) in [5.74, 6) is -0.396. The fraction of sp³-hybridized carbons (Fsp3) is 0.300. The maximum atomic E-state index is 10.8. The summed E-state index contributed by atoms with van der Waals surface area (Å²) in [5, 5.41) is 13.7. The lowest BCUT2D eigenvalue weighted by Gasteiger charge is -2.06. The molecule has 0 saturated heterocycles. The van der Waals surface area contributed by atoms with Gasteiger partial charge in [0.25, 0.3) is 0 Å². The first-order chi connectivity index (χ1) is 8.02. The first-order valence-corrected chi connectivity index (χ1v) is 5.35. The number of nitrogens with two attached hydrogens (primary N) is 1. The molecule has 0 bridgehead atoms. The Morgan fingerprint density at radius 3 is 2.82 bits per heavy atom. The molecule has 0 aliphatic rings. The molecule has 0 aliphatic carbocycles. The lowest BCUT2D eigenvalue weighted by atomic mass is 10.2. The van der Waals surface area contributed by atoms with Crippen molar-refractivity contribution in [2.75, 3.05) is 11.9 Å². The van der Waals surface area contributed by atoms with E-state index in [2.05, 4.69) is 5.32 Å². The maximum absolute atomic E-state index is 10.8. The Hall–Kier alpha value is -1.82. The number of hydrogen-bond donors (Lipinski definition) is 2. The molecule has 0 unspecified atom stereocenters. The molecule has 0 radical (unpaired) electrons. The van der Waals surface area contributed by atoms with Crippen molar-refractivity contribution in [1.82, 2.24) is 0 Å². The summed E-state index contributed by atoms with van der Waals surface area (Å²) in [7, 11) is 0. The van der Waals surface area contributed by atoms with Crippen molar-refractivity contribution in [3.8, 4) is 0 Å². The Labute approximate surface area is 103 Å². The highest BCUT2D eigenvalue weighted by Gasteiger charge is 2.17. The predicted octanol–water partition coefficient (Wildman–Crippen LogP) is 1.93. The van der Waals surface area contributed by atoms with Crippen molar-refractivity contribution in [3.63, 3.8) is 0 Å². The van der Waals surface area contributed by atoms with E-state index in [9.17, 15) is 14.9 Å². The van der Waals surface area contributed by atoms with E-state index < -0.39 is 10.8 Å². The van der Waals surface area contributed by atoms with Crippen molar-refractivity contribution in [3.05, 3.63) is 33.3 Å². The number of hydrogen-bond acceptors (Lipinski definition) is 4. The van der Waals surface area contributed by atoms with Gasteiger partial charge in [-0.2, -0.15) is 0 Å². The number of benzene rings is 1. The van der Waals surface area contributed by atoms with E-state index >= 15 is 0 Å². The summed E-state index contributed by atoms with van der Waals surface area (Å²) in [6, 6.07) is 4.63. The average molecular weight is 258 g/mol. The van der Waals surface area contributed by atoms with E-state index in [1.165, 1.54) is 6.07 Å². The average Bonchev–Trinajstić information content (AvgIpc) is 2.23. The number of para-hydroxylation sites is 1. The minimum absolute atomic E-state index is 0.0786. The minimum atomic E-state index is -0.543. The summed E-state index contributed by atoms with van der Waals surface area (Å²) in [6.45, 7) is 0.421. The predicted molar refractivity (Wildman–Crippen MR) is 65.0 cm³/mol. The van der Waals surface area contributed by atoms with Crippen LogP contribution in [-0.4, -0.2) is 17.4 Å². The van der Waals surface area contributed by atoms with Crippen molar-refractivity contribution in [2.45, 2.75) is 12.8 Å². The van der Waals surface area contributed by atoms with Gasteiger partial charge in [-0.3, -0.25) is 14.9 Å². The van der Waals surface area contributed by atoms with E-state index in [0.29, 0.717) is 18.7 Å². The maximum Gasteiger partial charge on any atom is 0.310 e. The zero-order valence-corrected chi connectivity index (χ0v) is 9.74. The third kappa shape index (κ3) is 3.92. The molecule has 0 aromatic heterocycles. The smallest absolute Gasteiger partial charge is 0.310 e. The number of nitrogens with one attached hydrogen (secondary N) is 1. The van der Waals surface area contributed by atoms with Crippen molar-refractivity contribution in [1.29, 1.82) is 0 Å². The lowest BCUT2D eigenvalue weighted by molar-refractivity contribution is -0.383. The van der Waals surface area contributed by atoms with Gasteiger partial charge in [0.05, 0.1) is 4.92 Å².